The molecule has 0 spiro atoms. The van der Waals surface area contributed by atoms with Crippen molar-refractivity contribution >= 4 is 29.2 Å². The molecule has 0 unspecified atom stereocenters. The Morgan fingerprint density at radius 2 is 2.00 bits per heavy atom. The van der Waals surface area contributed by atoms with E-state index < -0.39 is 0 Å². The molecule has 0 saturated heterocycles. The molecular formula is C15H15Cl2N3. The van der Waals surface area contributed by atoms with Gasteiger partial charge in [-0.3, -0.25) is 0 Å². The van der Waals surface area contributed by atoms with Crippen molar-refractivity contribution in [3.05, 3.63) is 39.5 Å². The van der Waals surface area contributed by atoms with E-state index in [1.807, 2.05) is 19.1 Å². The fraction of sp³-hybridized carbons (Fsp3) is 0.333. The molecule has 1 heterocycles. The smallest absolute Gasteiger partial charge is 0.220 e. The molecular weight excluding hydrogens is 293 g/mol. The van der Waals surface area contributed by atoms with Crippen LogP contribution in [0.5, 0.6) is 0 Å². The van der Waals surface area contributed by atoms with Gasteiger partial charge in [0.15, 0.2) is 0 Å². The topological polar surface area (TPSA) is 51.8 Å². The summed E-state index contributed by atoms with van der Waals surface area (Å²) in [7, 11) is 0. The molecule has 1 aliphatic rings. The summed E-state index contributed by atoms with van der Waals surface area (Å²) in [6.45, 7) is 2.02. The lowest BCUT2D eigenvalue weighted by Gasteiger charge is -2.12. The van der Waals surface area contributed by atoms with Gasteiger partial charge >= 0.3 is 0 Å². The molecule has 0 amide bonds. The van der Waals surface area contributed by atoms with Crippen LogP contribution in [0.3, 0.4) is 0 Å². The summed E-state index contributed by atoms with van der Waals surface area (Å²) in [6.07, 6.45) is 3.51. The minimum atomic E-state index is 0.289. The largest absolute Gasteiger partial charge is 0.368 e. The second-order valence-electron chi connectivity index (χ2n) is 5.25. The first-order valence-corrected chi connectivity index (χ1v) is 7.39. The second-order valence-corrected chi connectivity index (χ2v) is 6.04. The van der Waals surface area contributed by atoms with Gasteiger partial charge in [-0.05, 0) is 43.7 Å². The number of rotatable bonds is 3. The summed E-state index contributed by atoms with van der Waals surface area (Å²) < 4.78 is 0. The van der Waals surface area contributed by atoms with Gasteiger partial charge in [0.25, 0.3) is 0 Å². The van der Waals surface area contributed by atoms with E-state index in [0.717, 1.165) is 34.9 Å². The van der Waals surface area contributed by atoms with Crippen LogP contribution < -0.4 is 5.73 Å². The van der Waals surface area contributed by atoms with Crippen LogP contribution in [0.4, 0.5) is 5.95 Å². The van der Waals surface area contributed by atoms with Crippen LogP contribution in [0.2, 0.25) is 10.0 Å². The van der Waals surface area contributed by atoms with Gasteiger partial charge in [-0.1, -0.05) is 35.3 Å². The zero-order chi connectivity index (χ0) is 14.3. The van der Waals surface area contributed by atoms with Crippen molar-refractivity contribution in [3.8, 4) is 11.3 Å². The molecule has 20 heavy (non-hydrogen) atoms. The Balaban J connectivity index is 2.12. The van der Waals surface area contributed by atoms with Crippen molar-refractivity contribution in [1.82, 2.24) is 9.97 Å². The maximum Gasteiger partial charge on any atom is 0.220 e. The van der Waals surface area contributed by atoms with Crippen molar-refractivity contribution < 1.29 is 0 Å². The lowest BCUT2D eigenvalue weighted by atomic mass is 10.0. The van der Waals surface area contributed by atoms with E-state index in [1.54, 1.807) is 6.07 Å². The van der Waals surface area contributed by atoms with Gasteiger partial charge in [-0.25, -0.2) is 9.97 Å². The predicted molar refractivity (Wildman–Crippen MR) is 83.1 cm³/mol. The number of hydrogen-bond donors (Lipinski definition) is 1. The van der Waals surface area contributed by atoms with Gasteiger partial charge in [0.1, 0.15) is 0 Å². The standard InChI is InChI=1S/C15H15Cl2N3/c1-8-12(7-9-5-6-9)19-15(18)20-14(8)10-3-2-4-11(16)13(10)17/h2-4,9H,5-7H2,1H3,(H2,18,19,20). The number of benzene rings is 1. The van der Waals surface area contributed by atoms with E-state index in [9.17, 15) is 0 Å². The fourth-order valence-corrected chi connectivity index (χ4v) is 2.72. The Kier molecular flexibility index (Phi) is 3.57. The first-order valence-electron chi connectivity index (χ1n) is 6.63. The number of anilines is 1. The predicted octanol–water partition coefficient (Wildman–Crippen LogP) is 4.29. The van der Waals surface area contributed by atoms with Gasteiger partial charge in [-0.2, -0.15) is 0 Å². The van der Waals surface area contributed by atoms with Crippen LogP contribution in [0, 0.1) is 12.8 Å². The van der Waals surface area contributed by atoms with Gasteiger partial charge in [0.05, 0.1) is 15.7 Å². The number of nitrogen functional groups attached to an aromatic ring is 1. The second kappa shape index (κ2) is 5.23. The SMILES string of the molecule is Cc1c(CC2CC2)nc(N)nc1-c1cccc(Cl)c1Cl. The van der Waals surface area contributed by atoms with Crippen LogP contribution in [0.1, 0.15) is 24.1 Å². The monoisotopic (exact) mass is 307 g/mol. The maximum atomic E-state index is 6.29. The first-order chi connectivity index (χ1) is 9.56. The summed E-state index contributed by atoms with van der Waals surface area (Å²) in [4.78, 5) is 8.74. The average Bonchev–Trinajstić information content (AvgIpc) is 3.21. The van der Waals surface area contributed by atoms with Crippen molar-refractivity contribution in [2.75, 3.05) is 5.73 Å². The molecule has 3 nitrogen and oxygen atoms in total. The minimum Gasteiger partial charge on any atom is -0.368 e. The third kappa shape index (κ3) is 2.60. The van der Waals surface area contributed by atoms with Gasteiger partial charge < -0.3 is 5.73 Å². The first kappa shape index (κ1) is 13.7. The molecule has 3 rings (SSSR count). The molecule has 5 heteroatoms. The highest BCUT2D eigenvalue weighted by molar-refractivity contribution is 6.43. The number of halogens is 2. The molecule has 0 bridgehead atoms. The third-order valence-electron chi connectivity index (χ3n) is 3.65. The summed E-state index contributed by atoms with van der Waals surface area (Å²) in [5.41, 5.74) is 9.49. The average molecular weight is 308 g/mol. The van der Waals surface area contributed by atoms with E-state index in [1.165, 1.54) is 12.8 Å². The molecule has 0 atom stereocenters. The molecule has 0 radical (unpaired) electrons. The maximum absolute atomic E-state index is 6.29. The normalized spacial score (nSPS) is 14.6. The van der Waals surface area contributed by atoms with Crippen molar-refractivity contribution in [2.24, 2.45) is 5.92 Å². The Labute approximate surface area is 128 Å². The number of aromatic nitrogens is 2. The Bertz CT molecular complexity index is 666. The molecule has 1 aliphatic carbocycles. The summed E-state index contributed by atoms with van der Waals surface area (Å²) in [5, 5.41) is 1.03. The highest BCUT2D eigenvalue weighted by Crippen LogP contribution is 2.37. The fourth-order valence-electron chi connectivity index (χ4n) is 2.33. The van der Waals surface area contributed by atoms with E-state index in [0.29, 0.717) is 10.0 Å². The number of nitrogens with zero attached hydrogens (tertiary/aromatic N) is 2. The number of nitrogens with two attached hydrogens (primary N) is 1. The van der Waals surface area contributed by atoms with E-state index in [2.05, 4.69) is 9.97 Å². The van der Waals surface area contributed by atoms with Crippen molar-refractivity contribution in [1.29, 1.82) is 0 Å². The van der Waals surface area contributed by atoms with Crippen LogP contribution in [0.15, 0.2) is 18.2 Å². The number of hydrogen-bond acceptors (Lipinski definition) is 3. The quantitative estimate of drug-likeness (QED) is 0.920. The van der Waals surface area contributed by atoms with Crippen molar-refractivity contribution in [2.45, 2.75) is 26.2 Å². The molecule has 2 N–H and O–H groups in total. The Hall–Kier alpha value is -1.32. The van der Waals surface area contributed by atoms with Crippen LogP contribution in [-0.2, 0) is 6.42 Å². The highest BCUT2D eigenvalue weighted by Gasteiger charge is 2.24. The molecule has 1 aromatic carbocycles. The minimum absolute atomic E-state index is 0.289. The summed E-state index contributed by atoms with van der Waals surface area (Å²) in [5.74, 6) is 1.03. The third-order valence-corrected chi connectivity index (χ3v) is 4.47. The lowest BCUT2D eigenvalue weighted by Crippen LogP contribution is -2.06. The highest BCUT2D eigenvalue weighted by atomic mass is 35.5. The molecule has 2 aromatic rings. The Morgan fingerprint density at radius 3 is 2.70 bits per heavy atom. The molecule has 1 fully saturated rings. The molecule has 0 aliphatic heterocycles. The van der Waals surface area contributed by atoms with Crippen LogP contribution >= 0.6 is 23.2 Å². The van der Waals surface area contributed by atoms with Crippen LogP contribution in [-0.4, -0.2) is 9.97 Å². The summed E-state index contributed by atoms with van der Waals surface area (Å²) in [6, 6.07) is 5.53. The van der Waals surface area contributed by atoms with Gasteiger partial charge in [0.2, 0.25) is 5.95 Å². The van der Waals surface area contributed by atoms with E-state index in [-0.39, 0.29) is 5.95 Å². The van der Waals surface area contributed by atoms with Crippen LogP contribution in [0.25, 0.3) is 11.3 Å². The van der Waals surface area contributed by atoms with Gasteiger partial charge in [0, 0.05) is 11.3 Å². The Morgan fingerprint density at radius 1 is 1.25 bits per heavy atom. The van der Waals surface area contributed by atoms with E-state index in [4.69, 9.17) is 28.9 Å². The molecule has 104 valence electrons. The van der Waals surface area contributed by atoms with E-state index >= 15 is 0 Å². The van der Waals surface area contributed by atoms with Crippen molar-refractivity contribution in [3.63, 3.8) is 0 Å². The van der Waals surface area contributed by atoms with Gasteiger partial charge in [-0.15, -0.1) is 0 Å². The lowest BCUT2D eigenvalue weighted by molar-refractivity contribution is 0.793. The molecule has 1 saturated carbocycles. The summed E-state index contributed by atoms with van der Waals surface area (Å²) >= 11 is 12.4. The zero-order valence-corrected chi connectivity index (χ0v) is 12.7. The molecule has 1 aromatic heterocycles. The zero-order valence-electron chi connectivity index (χ0n) is 11.2.